The number of hydrogen-bond donors (Lipinski definition) is 0. The summed E-state index contributed by atoms with van der Waals surface area (Å²) in [7, 11) is 0. The van der Waals surface area contributed by atoms with E-state index in [4.69, 9.17) is 4.74 Å². The third-order valence-electron chi connectivity index (χ3n) is 4.13. The first-order valence-electron chi connectivity index (χ1n) is 8.19. The summed E-state index contributed by atoms with van der Waals surface area (Å²) in [6.07, 6.45) is 5.87. The number of rotatable bonds is 8. The summed E-state index contributed by atoms with van der Waals surface area (Å²) >= 11 is 0. The van der Waals surface area contributed by atoms with E-state index < -0.39 is 0 Å². The van der Waals surface area contributed by atoms with Gasteiger partial charge in [-0.3, -0.25) is 4.79 Å². The van der Waals surface area contributed by atoms with Gasteiger partial charge in [-0.25, -0.2) is 0 Å². The number of benzene rings is 1. The highest BCUT2D eigenvalue weighted by Gasteiger charge is 2.29. The number of ether oxygens (including phenoxy) is 1. The average molecular weight is 286 g/mol. The minimum atomic E-state index is -0.0423. The lowest BCUT2D eigenvalue weighted by Gasteiger charge is -2.20. The molecule has 1 aromatic rings. The quantitative estimate of drug-likeness (QED) is 0.628. The van der Waals surface area contributed by atoms with E-state index >= 15 is 0 Å². The highest BCUT2D eigenvalue weighted by molar-refractivity contribution is 5.98. The summed E-state index contributed by atoms with van der Waals surface area (Å²) in [6, 6.07) is 10.3. The van der Waals surface area contributed by atoms with Crippen molar-refractivity contribution in [3.63, 3.8) is 0 Å². The van der Waals surface area contributed by atoms with Gasteiger partial charge >= 0.3 is 0 Å². The molecular formula is C19H26O2. The molecule has 1 aliphatic rings. The fourth-order valence-corrected chi connectivity index (χ4v) is 3.06. The summed E-state index contributed by atoms with van der Waals surface area (Å²) < 4.78 is 5.99. The Morgan fingerprint density at radius 3 is 2.52 bits per heavy atom. The van der Waals surface area contributed by atoms with Gasteiger partial charge in [-0.1, -0.05) is 50.1 Å². The van der Waals surface area contributed by atoms with E-state index in [1.54, 1.807) is 0 Å². The molecule has 0 amide bonds. The van der Waals surface area contributed by atoms with E-state index in [1.165, 1.54) is 18.4 Å². The molecule has 1 unspecified atom stereocenters. The van der Waals surface area contributed by atoms with Crippen molar-refractivity contribution in [1.82, 2.24) is 0 Å². The van der Waals surface area contributed by atoms with E-state index in [2.05, 4.69) is 19.1 Å². The summed E-state index contributed by atoms with van der Waals surface area (Å²) in [5.41, 5.74) is 3.44. The van der Waals surface area contributed by atoms with Crippen LogP contribution in [0.4, 0.5) is 0 Å². The first kappa shape index (κ1) is 16.0. The molecule has 2 rings (SSSR count). The van der Waals surface area contributed by atoms with Crippen molar-refractivity contribution in [2.24, 2.45) is 0 Å². The van der Waals surface area contributed by atoms with Gasteiger partial charge in [0.25, 0.3) is 0 Å². The number of unbranched alkanes of at least 4 members (excludes halogenated alkanes) is 2. The van der Waals surface area contributed by atoms with Crippen LogP contribution in [0.1, 0.15) is 64.0 Å². The van der Waals surface area contributed by atoms with Gasteiger partial charge in [-0.05, 0) is 42.9 Å². The van der Waals surface area contributed by atoms with E-state index in [9.17, 15) is 4.79 Å². The summed E-state index contributed by atoms with van der Waals surface area (Å²) in [5.74, 6) is 0.335. The lowest BCUT2D eigenvalue weighted by Crippen LogP contribution is -2.08. The molecule has 0 spiro atoms. The third kappa shape index (κ3) is 4.04. The maximum atomic E-state index is 12.2. The number of ketones is 1. The van der Waals surface area contributed by atoms with Crippen LogP contribution in [-0.4, -0.2) is 12.4 Å². The Bertz CT molecular complexity index is 488. The van der Waals surface area contributed by atoms with Crippen LogP contribution in [0.2, 0.25) is 0 Å². The van der Waals surface area contributed by atoms with Crippen molar-refractivity contribution in [2.45, 2.75) is 58.5 Å². The van der Waals surface area contributed by atoms with Crippen molar-refractivity contribution in [3.05, 3.63) is 47.0 Å². The predicted octanol–water partition coefficient (Wildman–Crippen LogP) is 5.00. The molecule has 0 aromatic heterocycles. The fraction of sp³-hybridized carbons (Fsp3) is 0.526. The standard InChI is InChI=1S/C19H26O2/c1-3-5-7-12-16-17(13-14-18(16)20)19(21-4-2)15-10-8-6-9-11-15/h6,8-11,19H,3-5,7,12-14H2,1-2H3. The van der Waals surface area contributed by atoms with Gasteiger partial charge in [-0.2, -0.15) is 0 Å². The van der Waals surface area contributed by atoms with Crippen molar-refractivity contribution in [3.8, 4) is 0 Å². The van der Waals surface area contributed by atoms with E-state index in [1.807, 2.05) is 25.1 Å². The molecule has 0 saturated carbocycles. The van der Waals surface area contributed by atoms with Crippen molar-refractivity contribution in [2.75, 3.05) is 6.61 Å². The average Bonchev–Trinajstić information content (AvgIpc) is 2.87. The van der Waals surface area contributed by atoms with Crippen molar-refractivity contribution < 1.29 is 9.53 Å². The van der Waals surface area contributed by atoms with Crippen LogP contribution in [-0.2, 0) is 9.53 Å². The minimum Gasteiger partial charge on any atom is -0.369 e. The maximum Gasteiger partial charge on any atom is 0.159 e. The van der Waals surface area contributed by atoms with Crippen molar-refractivity contribution >= 4 is 5.78 Å². The second kappa shape index (κ2) is 8.14. The Kier molecular flexibility index (Phi) is 6.19. The van der Waals surface area contributed by atoms with Gasteiger partial charge in [0.05, 0.1) is 0 Å². The highest BCUT2D eigenvalue weighted by Crippen LogP contribution is 2.38. The highest BCUT2D eigenvalue weighted by atomic mass is 16.5. The molecule has 1 atom stereocenters. The minimum absolute atomic E-state index is 0.0423. The van der Waals surface area contributed by atoms with Crippen LogP contribution in [0, 0.1) is 0 Å². The topological polar surface area (TPSA) is 26.3 Å². The molecule has 0 heterocycles. The zero-order valence-electron chi connectivity index (χ0n) is 13.2. The van der Waals surface area contributed by atoms with Crippen LogP contribution in [0.3, 0.4) is 0 Å². The first-order valence-corrected chi connectivity index (χ1v) is 8.19. The Morgan fingerprint density at radius 1 is 1.10 bits per heavy atom. The summed E-state index contributed by atoms with van der Waals surface area (Å²) in [6.45, 7) is 4.88. The van der Waals surface area contributed by atoms with Gasteiger partial charge < -0.3 is 4.74 Å². The number of allylic oxidation sites excluding steroid dienone is 1. The first-order chi connectivity index (χ1) is 10.3. The second-order valence-corrected chi connectivity index (χ2v) is 5.63. The molecule has 0 saturated heterocycles. The van der Waals surface area contributed by atoms with Crippen LogP contribution < -0.4 is 0 Å². The molecule has 0 fully saturated rings. The molecule has 114 valence electrons. The molecule has 0 N–H and O–H groups in total. The zero-order chi connectivity index (χ0) is 15.1. The largest absolute Gasteiger partial charge is 0.369 e. The molecular weight excluding hydrogens is 260 g/mol. The monoisotopic (exact) mass is 286 g/mol. The van der Waals surface area contributed by atoms with Crippen LogP contribution in [0.5, 0.6) is 0 Å². The van der Waals surface area contributed by atoms with Crippen LogP contribution >= 0.6 is 0 Å². The van der Waals surface area contributed by atoms with Gasteiger partial charge in [0.2, 0.25) is 0 Å². The van der Waals surface area contributed by atoms with E-state index in [0.717, 1.165) is 30.4 Å². The third-order valence-corrected chi connectivity index (χ3v) is 4.13. The number of carbonyl (C=O) groups excluding carboxylic acids is 1. The summed E-state index contributed by atoms with van der Waals surface area (Å²) in [4.78, 5) is 12.2. The lowest BCUT2D eigenvalue weighted by atomic mass is 9.95. The maximum absolute atomic E-state index is 12.2. The van der Waals surface area contributed by atoms with E-state index in [0.29, 0.717) is 18.8 Å². The normalized spacial score (nSPS) is 16.6. The van der Waals surface area contributed by atoms with Gasteiger partial charge in [-0.15, -0.1) is 0 Å². The number of carbonyl (C=O) groups is 1. The van der Waals surface area contributed by atoms with Crippen LogP contribution in [0.15, 0.2) is 41.5 Å². The Balaban J connectivity index is 2.25. The molecule has 0 bridgehead atoms. The lowest BCUT2D eigenvalue weighted by molar-refractivity contribution is -0.115. The Labute approximate surface area is 128 Å². The predicted molar refractivity (Wildman–Crippen MR) is 86.2 cm³/mol. The molecule has 1 aromatic carbocycles. The molecule has 0 radical (unpaired) electrons. The molecule has 0 aliphatic heterocycles. The SMILES string of the molecule is CCCCCC1=C(C(OCC)c2ccccc2)CCC1=O. The fourth-order valence-electron chi connectivity index (χ4n) is 3.06. The van der Waals surface area contributed by atoms with Crippen LogP contribution in [0.25, 0.3) is 0 Å². The summed E-state index contributed by atoms with van der Waals surface area (Å²) in [5, 5.41) is 0. The van der Waals surface area contributed by atoms with Crippen molar-refractivity contribution in [1.29, 1.82) is 0 Å². The number of Topliss-reactive ketones (excluding diaryl/α,β-unsaturated/α-hetero) is 1. The molecule has 2 nitrogen and oxygen atoms in total. The van der Waals surface area contributed by atoms with Gasteiger partial charge in [0.15, 0.2) is 5.78 Å². The Hall–Kier alpha value is -1.41. The second-order valence-electron chi connectivity index (χ2n) is 5.63. The zero-order valence-corrected chi connectivity index (χ0v) is 13.2. The molecule has 21 heavy (non-hydrogen) atoms. The molecule has 1 aliphatic carbocycles. The van der Waals surface area contributed by atoms with Gasteiger partial charge in [0.1, 0.15) is 6.10 Å². The smallest absolute Gasteiger partial charge is 0.159 e. The Morgan fingerprint density at radius 2 is 1.86 bits per heavy atom. The van der Waals surface area contributed by atoms with Gasteiger partial charge in [0, 0.05) is 13.0 Å². The number of hydrogen-bond acceptors (Lipinski definition) is 2. The van der Waals surface area contributed by atoms with E-state index in [-0.39, 0.29) is 6.10 Å². The molecule has 2 heteroatoms.